The van der Waals surface area contributed by atoms with Gasteiger partial charge in [-0.2, -0.15) is 0 Å². The second-order valence-corrected chi connectivity index (χ2v) is 10.4. The SMILES string of the molecule is CCC(C)(C)NC(=O)CSc1nnc(SCC(=O)NC(C)(C)CC)s1. The highest BCUT2D eigenvalue weighted by molar-refractivity contribution is 8.03. The standard InChI is InChI=1S/C16H28N4O2S3/c1-7-15(3,4)17-11(21)9-23-13-19-20-14(25-13)24-10-12(22)18-16(5,6)8-2/h7-10H2,1-6H3,(H,17,21)(H,18,22). The molecule has 6 nitrogen and oxygen atoms in total. The molecule has 1 aromatic heterocycles. The van der Waals surface area contributed by atoms with Crippen LogP contribution in [0.4, 0.5) is 0 Å². The van der Waals surface area contributed by atoms with Crippen LogP contribution in [0.1, 0.15) is 54.4 Å². The van der Waals surface area contributed by atoms with Crippen molar-refractivity contribution in [1.29, 1.82) is 0 Å². The van der Waals surface area contributed by atoms with Crippen molar-refractivity contribution in [3.05, 3.63) is 0 Å². The van der Waals surface area contributed by atoms with Gasteiger partial charge in [0, 0.05) is 11.1 Å². The van der Waals surface area contributed by atoms with Crippen LogP contribution in [0.25, 0.3) is 0 Å². The third-order valence-corrected chi connectivity index (χ3v) is 6.95. The van der Waals surface area contributed by atoms with Gasteiger partial charge in [-0.15, -0.1) is 10.2 Å². The maximum absolute atomic E-state index is 11.9. The Hall–Kier alpha value is -0.800. The van der Waals surface area contributed by atoms with Gasteiger partial charge in [-0.1, -0.05) is 48.7 Å². The van der Waals surface area contributed by atoms with Crippen molar-refractivity contribution in [3.63, 3.8) is 0 Å². The van der Waals surface area contributed by atoms with Gasteiger partial charge in [0.05, 0.1) is 11.5 Å². The van der Waals surface area contributed by atoms with E-state index >= 15 is 0 Å². The Balaban J connectivity index is 2.39. The van der Waals surface area contributed by atoms with Crippen molar-refractivity contribution in [3.8, 4) is 0 Å². The first-order chi connectivity index (χ1) is 11.6. The Kier molecular flexibility index (Phi) is 8.70. The molecule has 0 unspecified atom stereocenters. The molecule has 0 fully saturated rings. The lowest BCUT2D eigenvalue weighted by atomic mass is 10.0. The number of thioether (sulfide) groups is 2. The van der Waals surface area contributed by atoms with Crippen LogP contribution in [-0.2, 0) is 9.59 Å². The minimum absolute atomic E-state index is 0.0116. The molecule has 0 bridgehead atoms. The molecule has 0 spiro atoms. The first kappa shape index (κ1) is 22.2. The van der Waals surface area contributed by atoms with Crippen LogP contribution in [0.3, 0.4) is 0 Å². The molecule has 2 amide bonds. The van der Waals surface area contributed by atoms with Gasteiger partial charge in [-0.3, -0.25) is 9.59 Å². The molecule has 1 aromatic rings. The topological polar surface area (TPSA) is 84.0 Å². The second kappa shape index (κ2) is 9.78. The lowest BCUT2D eigenvalue weighted by Crippen LogP contribution is -2.43. The third-order valence-electron chi connectivity index (χ3n) is 3.76. The van der Waals surface area contributed by atoms with Crippen LogP contribution in [0.2, 0.25) is 0 Å². The second-order valence-electron chi connectivity index (χ2n) is 6.98. The Labute approximate surface area is 162 Å². The highest BCUT2D eigenvalue weighted by Gasteiger charge is 2.19. The van der Waals surface area contributed by atoms with Crippen molar-refractivity contribution < 1.29 is 9.59 Å². The fourth-order valence-corrected chi connectivity index (χ4v) is 4.19. The van der Waals surface area contributed by atoms with E-state index < -0.39 is 0 Å². The maximum Gasteiger partial charge on any atom is 0.230 e. The highest BCUT2D eigenvalue weighted by atomic mass is 32.2. The van der Waals surface area contributed by atoms with E-state index in [0.29, 0.717) is 11.5 Å². The smallest absolute Gasteiger partial charge is 0.230 e. The molecule has 0 saturated carbocycles. The highest BCUT2D eigenvalue weighted by Crippen LogP contribution is 2.28. The summed E-state index contributed by atoms with van der Waals surface area (Å²) in [7, 11) is 0. The summed E-state index contributed by atoms with van der Waals surface area (Å²) in [5.74, 6) is 0.604. The van der Waals surface area contributed by atoms with Crippen LogP contribution in [-0.4, -0.2) is 44.6 Å². The minimum Gasteiger partial charge on any atom is -0.351 e. The van der Waals surface area contributed by atoms with E-state index in [-0.39, 0.29) is 22.9 Å². The van der Waals surface area contributed by atoms with E-state index in [2.05, 4.69) is 20.8 Å². The first-order valence-electron chi connectivity index (χ1n) is 8.28. The molecule has 1 heterocycles. The van der Waals surface area contributed by atoms with Gasteiger partial charge >= 0.3 is 0 Å². The predicted molar refractivity (Wildman–Crippen MR) is 106 cm³/mol. The monoisotopic (exact) mass is 404 g/mol. The van der Waals surface area contributed by atoms with Crippen LogP contribution in [0.15, 0.2) is 8.68 Å². The summed E-state index contributed by atoms with van der Waals surface area (Å²) in [5, 5.41) is 14.1. The number of nitrogens with zero attached hydrogens (tertiary/aromatic N) is 2. The zero-order valence-electron chi connectivity index (χ0n) is 15.8. The molecular weight excluding hydrogens is 376 g/mol. The van der Waals surface area contributed by atoms with Crippen LogP contribution in [0, 0.1) is 0 Å². The number of rotatable bonds is 10. The average Bonchev–Trinajstić information content (AvgIpc) is 2.98. The molecule has 0 aliphatic carbocycles. The summed E-state index contributed by atoms with van der Waals surface area (Å²) in [6, 6.07) is 0. The number of hydrogen-bond donors (Lipinski definition) is 2. The van der Waals surface area contributed by atoms with Crippen molar-refractivity contribution in [2.24, 2.45) is 0 Å². The summed E-state index contributed by atoms with van der Waals surface area (Å²) in [6.07, 6.45) is 1.75. The Morgan fingerprint density at radius 1 is 0.880 bits per heavy atom. The molecule has 1 rings (SSSR count). The van der Waals surface area contributed by atoms with E-state index in [1.165, 1.54) is 34.9 Å². The number of amides is 2. The van der Waals surface area contributed by atoms with E-state index in [9.17, 15) is 9.59 Å². The number of hydrogen-bond acceptors (Lipinski definition) is 7. The quantitative estimate of drug-likeness (QED) is 0.582. The summed E-state index contributed by atoms with van der Waals surface area (Å²) in [4.78, 5) is 23.9. The van der Waals surface area contributed by atoms with E-state index in [0.717, 1.165) is 21.5 Å². The van der Waals surface area contributed by atoms with Crippen molar-refractivity contribution in [2.75, 3.05) is 11.5 Å². The maximum atomic E-state index is 11.9. The Morgan fingerprint density at radius 3 is 1.56 bits per heavy atom. The van der Waals surface area contributed by atoms with Gasteiger partial charge < -0.3 is 10.6 Å². The van der Waals surface area contributed by atoms with E-state index in [1.54, 1.807) is 0 Å². The van der Waals surface area contributed by atoms with Crippen LogP contribution in [0.5, 0.6) is 0 Å². The minimum atomic E-state index is -0.195. The molecular formula is C16H28N4O2S3. The van der Waals surface area contributed by atoms with Crippen molar-refractivity contribution >= 4 is 46.7 Å². The number of carbonyl (C=O) groups excluding carboxylic acids is 2. The molecule has 142 valence electrons. The van der Waals surface area contributed by atoms with E-state index in [4.69, 9.17) is 0 Å². The molecule has 2 N–H and O–H groups in total. The van der Waals surface area contributed by atoms with E-state index in [1.807, 2.05) is 41.5 Å². The number of carbonyl (C=O) groups is 2. The molecule has 0 saturated heterocycles. The zero-order valence-corrected chi connectivity index (χ0v) is 18.2. The summed E-state index contributed by atoms with van der Waals surface area (Å²) in [5.41, 5.74) is -0.390. The third kappa shape index (κ3) is 8.91. The lowest BCUT2D eigenvalue weighted by Gasteiger charge is -2.24. The van der Waals surface area contributed by atoms with Gasteiger partial charge in [-0.05, 0) is 40.5 Å². The Morgan fingerprint density at radius 2 is 1.24 bits per heavy atom. The average molecular weight is 405 g/mol. The number of nitrogens with one attached hydrogen (secondary N) is 2. The van der Waals surface area contributed by atoms with Gasteiger partial charge in [-0.25, -0.2) is 0 Å². The molecule has 25 heavy (non-hydrogen) atoms. The molecule has 0 radical (unpaired) electrons. The van der Waals surface area contributed by atoms with Crippen LogP contribution < -0.4 is 10.6 Å². The summed E-state index contributed by atoms with van der Waals surface area (Å²) >= 11 is 4.14. The number of aromatic nitrogens is 2. The fraction of sp³-hybridized carbons (Fsp3) is 0.750. The van der Waals surface area contributed by atoms with Gasteiger partial charge in [0.25, 0.3) is 0 Å². The molecule has 0 atom stereocenters. The summed E-state index contributed by atoms with van der Waals surface area (Å²) < 4.78 is 1.47. The first-order valence-corrected chi connectivity index (χ1v) is 11.1. The zero-order chi connectivity index (χ0) is 19.1. The largest absolute Gasteiger partial charge is 0.351 e. The molecule has 9 heteroatoms. The van der Waals surface area contributed by atoms with Gasteiger partial charge in [0.15, 0.2) is 8.68 Å². The lowest BCUT2D eigenvalue weighted by molar-refractivity contribution is -0.121. The van der Waals surface area contributed by atoms with Crippen molar-refractivity contribution in [2.45, 2.75) is 74.1 Å². The van der Waals surface area contributed by atoms with Crippen molar-refractivity contribution in [1.82, 2.24) is 20.8 Å². The normalized spacial score (nSPS) is 12.1. The Bertz CT molecular complexity index is 539. The molecule has 0 aromatic carbocycles. The van der Waals surface area contributed by atoms with Crippen LogP contribution >= 0.6 is 34.9 Å². The fourth-order valence-electron chi connectivity index (χ4n) is 1.57. The predicted octanol–water partition coefficient (Wildman–Crippen LogP) is 3.33. The molecule has 0 aliphatic heterocycles. The van der Waals surface area contributed by atoms with Gasteiger partial charge in [0.2, 0.25) is 11.8 Å². The van der Waals surface area contributed by atoms with Gasteiger partial charge in [0.1, 0.15) is 0 Å². The molecule has 0 aliphatic rings. The summed E-state index contributed by atoms with van der Waals surface area (Å²) in [6.45, 7) is 12.1.